The molecule has 1 amide bonds. The van der Waals surface area contributed by atoms with Crippen LogP contribution in [0.5, 0.6) is 5.75 Å². The lowest BCUT2D eigenvalue weighted by Crippen LogP contribution is -2.45. The molecule has 1 fully saturated rings. The van der Waals surface area contributed by atoms with Crippen LogP contribution in [0.25, 0.3) is 0 Å². The highest BCUT2D eigenvalue weighted by atomic mass is 19.2. The zero-order chi connectivity index (χ0) is 17.7. The number of aliphatic carboxylic acids is 1. The monoisotopic (exact) mass is 341 g/mol. The Balaban J connectivity index is 1.91. The minimum absolute atomic E-state index is 0.0909. The van der Waals surface area contributed by atoms with Gasteiger partial charge >= 0.3 is 5.97 Å². The summed E-state index contributed by atoms with van der Waals surface area (Å²) in [4.78, 5) is 24.8. The number of hydrogen-bond acceptors (Lipinski definition) is 3. The van der Waals surface area contributed by atoms with Gasteiger partial charge in [0, 0.05) is 25.6 Å². The van der Waals surface area contributed by atoms with Gasteiger partial charge < -0.3 is 14.7 Å². The Morgan fingerprint density at radius 3 is 2.79 bits per heavy atom. The number of amides is 1. The molecule has 7 heteroatoms. The average molecular weight is 341 g/mol. The fourth-order valence-corrected chi connectivity index (χ4v) is 2.89. The van der Waals surface area contributed by atoms with Gasteiger partial charge in [-0.3, -0.25) is 9.59 Å². The predicted molar refractivity (Wildman–Crippen MR) is 82.6 cm³/mol. The fraction of sp³-hybridized carbons (Fsp3) is 0.529. The lowest BCUT2D eigenvalue weighted by molar-refractivity contribution is -0.140. The van der Waals surface area contributed by atoms with Crippen molar-refractivity contribution in [2.45, 2.75) is 38.7 Å². The van der Waals surface area contributed by atoms with Crippen LogP contribution >= 0.6 is 0 Å². The molecule has 1 aliphatic heterocycles. The van der Waals surface area contributed by atoms with Gasteiger partial charge in [0.1, 0.15) is 5.75 Å². The lowest BCUT2D eigenvalue weighted by atomic mass is 9.93. The Bertz CT molecular complexity index is 608. The third kappa shape index (κ3) is 4.91. The van der Waals surface area contributed by atoms with Crippen LogP contribution in [0.3, 0.4) is 0 Å². The molecule has 1 aromatic rings. The highest BCUT2D eigenvalue weighted by Crippen LogP contribution is 2.23. The van der Waals surface area contributed by atoms with Crippen molar-refractivity contribution in [3.8, 4) is 5.75 Å². The Labute approximate surface area is 139 Å². The van der Waals surface area contributed by atoms with Crippen LogP contribution in [-0.4, -0.2) is 41.1 Å². The quantitative estimate of drug-likeness (QED) is 0.864. The Hall–Kier alpha value is -2.18. The van der Waals surface area contributed by atoms with Gasteiger partial charge in [-0.25, -0.2) is 8.78 Å². The maximum Gasteiger partial charge on any atom is 0.303 e. The van der Waals surface area contributed by atoms with Crippen molar-refractivity contribution < 1.29 is 28.2 Å². The number of halogens is 2. The molecule has 132 valence electrons. The van der Waals surface area contributed by atoms with Crippen molar-refractivity contribution in [1.29, 1.82) is 0 Å². The van der Waals surface area contributed by atoms with Crippen molar-refractivity contribution in [3.63, 3.8) is 0 Å². The zero-order valence-electron chi connectivity index (χ0n) is 13.5. The molecule has 0 radical (unpaired) electrons. The van der Waals surface area contributed by atoms with E-state index < -0.39 is 23.7 Å². The Kier molecular flexibility index (Phi) is 6.11. The summed E-state index contributed by atoms with van der Waals surface area (Å²) >= 11 is 0. The second-order valence-corrected chi connectivity index (χ2v) is 6.06. The standard InChI is InChI=1S/C17H21F2NO4/c1-11(24-13-5-6-14(18)15(19)9-13)17(23)20-8-2-3-12(10-20)4-7-16(21)22/h5-6,9,11-12H,2-4,7-8,10H2,1H3,(H,21,22)/t11-,12-/m1/s1. The summed E-state index contributed by atoms with van der Waals surface area (Å²) in [6.45, 7) is 2.65. The fourth-order valence-electron chi connectivity index (χ4n) is 2.89. The zero-order valence-corrected chi connectivity index (χ0v) is 13.5. The predicted octanol–water partition coefficient (Wildman–Crippen LogP) is 2.84. The first-order valence-corrected chi connectivity index (χ1v) is 7.99. The molecule has 0 bridgehead atoms. The number of carbonyl (C=O) groups is 2. The van der Waals surface area contributed by atoms with E-state index in [2.05, 4.69) is 0 Å². The van der Waals surface area contributed by atoms with Gasteiger partial charge in [0.05, 0.1) is 0 Å². The van der Waals surface area contributed by atoms with Crippen molar-refractivity contribution in [2.75, 3.05) is 13.1 Å². The van der Waals surface area contributed by atoms with E-state index in [1.165, 1.54) is 6.07 Å². The molecule has 0 spiro atoms. The minimum Gasteiger partial charge on any atom is -0.481 e. The smallest absolute Gasteiger partial charge is 0.303 e. The lowest BCUT2D eigenvalue weighted by Gasteiger charge is -2.34. The first kappa shape index (κ1) is 18.2. The van der Waals surface area contributed by atoms with Crippen LogP contribution in [0.1, 0.15) is 32.6 Å². The molecule has 24 heavy (non-hydrogen) atoms. The van der Waals surface area contributed by atoms with Crippen molar-refractivity contribution in [1.82, 2.24) is 4.90 Å². The van der Waals surface area contributed by atoms with E-state index in [0.717, 1.165) is 25.0 Å². The summed E-state index contributed by atoms with van der Waals surface area (Å²) in [5, 5.41) is 8.76. The maximum atomic E-state index is 13.2. The van der Waals surface area contributed by atoms with Crippen molar-refractivity contribution in [3.05, 3.63) is 29.8 Å². The number of rotatable bonds is 6. The number of carboxylic acids is 1. The number of carbonyl (C=O) groups excluding carboxylic acids is 1. The molecule has 0 unspecified atom stereocenters. The van der Waals surface area contributed by atoms with Gasteiger partial charge in [-0.05, 0) is 44.2 Å². The van der Waals surface area contributed by atoms with E-state index in [1.807, 2.05) is 0 Å². The number of piperidine rings is 1. The van der Waals surface area contributed by atoms with E-state index in [0.29, 0.717) is 19.5 Å². The molecule has 1 aromatic carbocycles. The van der Waals surface area contributed by atoms with E-state index >= 15 is 0 Å². The molecule has 1 saturated heterocycles. The first-order chi connectivity index (χ1) is 11.4. The van der Waals surface area contributed by atoms with Crippen LogP contribution in [0.2, 0.25) is 0 Å². The molecule has 0 saturated carbocycles. The summed E-state index contributed by atoms with van der Waals surface area (Å²) in [7, 11) is 0. The van der Waals surface area contributed by atoms with Crippen LogP contribution < -0.4 is 4.74 Å². The minimum atomic E-state index is -1.03. The maximum absolute atomic E-state index is 13.2. The number of nitrogens with zero attached hydrogens (tertiary/aromatic N) is 1. The number of ether oxygens (including phenoxy) is 1. The largest absolute Gasteiger partial charge is 0.481 e. The van der Waals surface area contributed by atoms with Gasteiger partial charge in [-0.15, -0.1) is 0 Å². The Morgan fingerprint density at radius 2 is 2.12 bits per heavy atom. The molecular weight excluding hydrogens is 320 g/mol. The average Bonchev–Trinajstić information content (AvgIpc) is 2.56. The van der Waals surface area contributed by atoms with Crippen LogP contribution in [0, 0.1) is 17.6 Å². The third-order valence-electron chi connectivity index (χ3n) is 4.15. The summed E-state index contributed by atoms with van der Waals surface area (Å²) in [5.41, 5.74) is 0. The summed E-state index contributed by atoms with van der Waals surface area (Å²) in [6.07, 6.45) is 1.52. The molecule has 1 heterocycles. The van der Waals surface area contributed by atoms with Gasteiger partial charge in [-0.2, -0.15) is 0 Å². The van der Waals surface area contributed by atoms with Gasteiger partial charge in [0.25, 0.3) is 5.91 Å². The van der Waals surface area contributed by atoms with E-state index in [9.17, 15) is 18.4 Å². The molecule has 1 N–H and O–H groups in total. The van der Waals surface area contributed by atoms with Crippen molar-refractivity contribution in [2.24, 2.45) is 5.92 Å². The molecule has 2 rings (SSSR count). The van der Waals surface area contributed by atoms with Crippen LogP contribution in [0.15, 0.2) is 18.2 Å². The van der Waals surface area contributed by atoms with Gasteiger partial charge in [0.15, 0.2) is 17.7 Å². The SMILES string of the molecule is C[C@@H](Oc1ccc(F)c(F)c1)C(=O)N1CCC[C@H](CCC(=O)O)C1. The Morgan fingerprint density at radius 1 is 1.38 bits per heavy atom. The van der Waals surface area contributed by atoms with Crippen molar-refractivity contribution >= 4 is 11.9 Å². The number of hydrogen-bond donors (Lipinski definition) is 1. The number of benzene rings is 1. The topological polar surface area (TPSA) is 66.8 Å². The van der Waals surface area contributed by atoms with Gasteiger partial charge in [-0.1, -0.05) is 0 Å². The highest BCUT2D eigenvalue weighted by Gasteiger charge is 2.28. The van der Waals surface area contributed by atoms with Crippen LogP contribution in [0.4, 0.5) is 8.78 Å². The van der Waals surface area contributed by atoms with E-state index in [-0.39, 0.29) is 24.0 Å². The first-order valence-electron chi connectivity index (χ1n) is 7.99. The van der Waals surface area contributed by atoms with E-state index in [1.54, 1.807) is 11.8 Å². The molecule has 2 atom stereocenters. The van der Waals surface area contributed by atoms with Gasteiger partial charge in [0.2, 0.25) is 0 Å². The highest BCUT2D eigenvalue weighted by molar-refractivity contribution is 5.81. The second kappa shape index (κ2) is 8.08. The number of likely N-dealkylation sites (tertiary alicyclic amines) is 1. The summed E-state index contributed by atoms with van der Waals surface area (Å²) in [5.74, 6) is -2.82. The molecule has 0 aliphatic carbocycles. The van der Waals surface area contributed by atoms with Crippen LogP contribution in [-0.2, 0) is 9.59 Å². The summed E-state index contributed by atoms with van der Waals surface area (Å²) < 4.78 is 31.5. The second-order valence-electron chi connectivity index (χ2n) is 6.06. The molecule has 0 aromatic heterocycles. The normalized spacial score (nSPS) is 19.0. The molecule has 1 aliphatic rings. The molecule has 5 nitrogen and oxygen atoms in total. The van der Waals surface area contributed by atoms with E-state index in [4.69, 9.17) is 9.84 Å². The number of carboxylic acid groups (broad SMARTS) is 1. The third-order valence-corrected chi connectivity index (χ3v) is 4.15. The molecular formula is C17H21F2NO4. The summed E-state index contributed by atoms with van der Waals surface area (Å²) in [6, 6.07) is 3.13.